The molecule has 0 aliphatic carbocycles. The Kier molecular flexibility index (Phi) is 12.4. The number of hydrogen-bond donors (Lipinski definition) is 0. The average molecular weight is 615 g/mol. The second-order valence-electron chi connectivity index (χ2n) is 11.9. The summed E-state index contributed by atoms with van der Waals surface area (Å²) < 4.78 is 0. The van der Waals surface area contributed by atoms with Crippen molar-refractivity contribution in [3.05, 3.63) is 80.9 Å². The molecule has 0 saturated heterocycles. The van der Waals surface area contributed by atoms with Crippen molar-refractivity contribution in [3.8, 4) is 0 Å². The Morgan fingerprint density at radius 3 is 1.14 bits per heavy atom. The van der Waals surface area contributed by atoms with Gasteiger partial charge in [0.1, 0.15) is 0 Å². The Bertz CT molecular complexity index is 1230. The Morgan fingerprint density at radius 1 is 0.541 bits per heavy atom. The molecule has 0 fully saturated rings. The largest absolute Gasteiger partial charge is 4.00 e. The minimum absolute atomic E-state index is 0. The third-order valence-corrected chi connectivity index (χ3v) is 7.95. The van der Waals surface area contributed by atoms with Crippen molar-refractivity contribution in [1.29, 1.82) is 0 Å². The van der Waals surface area contributed by atoms with E-state index in [4.69, 9.17) is 0 Å². The number of rotatable bonds is 7. The molecule has 0 saturated carbocycles. The first-order valence-corrected chi connectivity index (χ1v) is 13.4. The van der Waals surface area contributed by atoms with Gasteiger partial charge >= 0.3 is 26.2 Å². The average Bonchev–Trinajstić information content (AvgIpc) is 3.25. The van der Waals surface area contributed by atoms with Crippen molar-refractivity contribution in [1.82, 2.24) is 0 Å². The van der Waals surface area contributed by atoms with Crippen molar-refractivity contribution < 1.29 is 51.0 Å². The molecule has 0 spiro atoms. The third kappa shape index (κ3) is 6.65. The summed E-state index contributed by atoms with van der Waals surface area (Å²) in [5, 5.41) is 5.93. The van der Waals surface area contributed by atoms with Crippen LogP contribution >= 0.6 is 0 Å². The Hall–Kier alpha value is -0.877. The van der Waals surface area contributed by atoms with Gasteiger partial charge in [-0.3, -0.25) is 0 Å². The van der Waals surface area contributed by atoms with Crippen LogP contribution in [0.4, 0.5) is 0 Å². The third-order valence-electron chi connectivity index (χ3n) is 7.95. The zero-order valence-corrected chi connectivity index (χ0v) is 28.4. The number of benzene rings is 2. The molecule has 0 nitrogen and oxygen atoms in total. The molecule has 0 N–H and O–H groups in total. The van der Waals surface area contributed by atoms with E-state index in [9.17, 15) is 0 Å². The summed E-state index contributed by atoms with van der Waals surface area (Å²) in [4.78, 5) is 0. The molecule has 0 amide bonds. The van der Waals surface area contributed by atoms with Gasteiger partial charge < -0.3 is 24.8 Å². The standard InChI is InChI=1S/C34H44.2ClH.Zr/c1-19(2)25-15-27-13-23(9)29(33(27)31(17-25)21(5)6)11-12-30-24(10)14-28-16-26(20(3)4)18-32(22(7)8)34(28)30;;;/h13-22H,11-12H2,1-10H3;2*1H;/q-2;;;+4/p-2. The van der Waals surface area contributed by atoms with Crippen LogP contribution in [0.1, 0.15) is 124 Å². The first kappa shape index (κ1) is 34.2. The van der Waals surface area contributed by atoms with E-state index in [1.165, 1.54) is 54.9 Å². The molecule has 198 valence electrons. The number of halogens is 2. The van der Waals surface area contributed by atoms with Crippen LogP contribution in [-0.2, 0) is 39.0 Å². The zero-order valence-electron chi connectivity index (χ0n) is 24.4. The molecule has 3 heteroatoms. The molecule has 0 atom stereocenters. The van der Waals surface area contributed by atoms with Crippen molar-refractivity contribution in [3.63, 3.8) is 0 Å². The zero-order chi connectivity index (χ0) is 24.9. The maximum absolute atomic E-state index is 2.48. The van der Waals surface area contributed by atoms with Gasteiger partial charge in [-0.1, -0.05) is 116 Å². The minimum Gasteiger partial charge on any atom is -1.00 e. The molecule has 0 aliphatic rings. The van der Waals surface area contributed by atoms with E-state index in [1.807, 2.05) is 0 Å². The second kappa shape index (κ2) is 13.5. The molecule has 0 unspecified atom stereocenters. The van der Waals surface area contributed by atoms with E-state index < -0.39 is 0 Å². The SMILES string of the molecule is Cc1[cH-]c2cc(C(C)C)cc(C(C)C)c2c1CCc1c(C)[cH-]c2cc(C(C)C)cc(C(C)C)c12.[Cl-].[Cl-].[Zr+4]. The van der Waals surface area contributed by atoms with Gasteiger partial charge in [0.25, 0.3) is 0 Å². The Morgan fingerprint density at radius 2 is 0.865 bits per heavy atom. The van der Waals surface area contributed by atoms with E-state index in [-0.39, 0.29) is 51.0 Å². The molecule has 37 heavy (non-hydrogen) atoms. The fourth-order valence-corrected chi connectivity index (χ4v) is 5.85. The Labute approximate surface area is 257 Å². The van der Waals surface area contributed by atoms with Gasteiger partial charge in [-0.05, 0) is 23.7 Å². The van der Waals surface area contributed by atoms with E-state index in [2.05, 4.69) is 106 Å². The molecular formula is C34H44Cl2Zr. The summed E-state index contributed by atoms with van der Waals surface area (Å²) in [6, 6.07) is 14.7. The first-order valence-electron chi connectivity index (χ1n) is 13.4. The predicted octanol–water partition coefficient (Wildman–Crippen LogP) is 4.33. The summed E-state index contributed by atoms with van der Waals surface area (Å²) in [7, 11) is 0. The van der Waals surface area contributed by atoms with Crippen LogP contribution in [0.5, 0.6) is 0 Å². The van der Waals surface area contributed by atoms with Crippen LogP contribution in [0.25, 0.3) is 21.5 Å². The molecule has 4 rings (SSSR count). The minimum atomic E-state index is 0. The molecule has 0 aliphatic heterocycles. The topological polar surface area (TPSA) is 0 Å². The fraction of sp³-hybridized carbons (Fsp3) is 0.471. The molecular weight excluding hydrogens is 571 g/mol. The molecule has 4 aromatic carbocycles. The summed E-state index contributed by atoms with van der Waals surface area (Å²) >= 11 is 0. The smallest absolute Gasteiger partial charge is 1.00 e. The van der Waals surface area contributed by atoms with E-state index >= 15 is 0 Å². The number of aryl methyl sites for hydroxylation is 4. The number of hydrogen-bond acceptors (Lipinski definition) is 0. The summed E-state index contributed by atoms with van der Waals surface area (Å²) in [6.45, 7) is 23.3. The fourth-order valence-electron chi connectivity index (χ4n) is 5.85. The maximum atomic E-state index is 2.48. The first-order chi connectivity index (χ1) is 16.0. The normalized spacial score (nSPS) is 11.5. The Balaban J connectivity index is 0.00000228. The van der Waals surface area contributed by atoms with Crippen molar-refractivity contribution in [2.45, 2.75) is 106 Å². The predicted molar refractivity (Wildman–Crippen MR) is 152 cm³/mol. The quantitative estimate of drug-likeness (QED) is 0.272. The summed E-state index contributed by atoms with van der Waals surface area (Å²) in [6.07, 6.45) is 2.22. The van der Waals surface area contributed by atoms with Crippen LogP contribution in [-0.4, -0.2) is 0 Å². The van der Waals surface area contributed by atoms with Gasteiger partial charge in [0.15, 0.2) is 0 Å². The molecule has 0 bridgehead atoms. The summed E-state index contributed by atoms with van der Waals surface area (Å²) in [5.74, 6) is 2.18. The van der Waals surface area contributed by atoms with Gasteiger partial charge in [0.05, 0.1) is 0 Å². The van der Waals surface area contributed by atoms with Crippen molar-refractivity contribution >= 4 is 21.5 Å². The molecule has 0 radical (unpaired) electrons. The monoisotopic (exact) mass is 612 g/mol. The van der Waals surface area contributed by atoms with Gasteiger partial charge in [-0.15, -0.1) is 56.9 Å². The van der Waals surface area contributed by atoms with Gasteiger partial charge in [-0.2, -0.15) is 11.1 Å². The number of fused-ring (bicyclic) bond motifs is 2. The van der Waals surface area contributed by atoms with Gasteiger partial charge in [0, 0.05) is 0 Å². The van der Waals surface area contributed by atoms with Crippen LogP contribution in [0.15, 0.2) is 36.4 Å². The molecule has 4 aromatic rings. The van der Waals surface area contributed by atoms with Crippen molar-refractivity contribution in [2.24, 2.45) is 0 Å². The van der Waals surface area contributed by atoms with Crippen LogP contribution in [0.3, 0.4) is 0 Å². The van der Waals surface area contributed by atoms with Crippen LogP contribution in [0.2, 0.25) is 0 Å². The van der Waals surface area contributed by atoms with Gasteiger partial charge in [0.2, 0.25) is 0 Å². The summed E-state index contributed by atoms with van der Waals surface area (Å²) in [5.41, 5.74) is 12.0. The molecule has 0 aromatic heterocycles. The second-order valence-corrected chi connectivity index (χ2v) is 11.9. The van der Waals surface area contributed by atoms with Crippen molar-refractivity contribution in [2.75, 3.05) is 0 Å². The van der Waals surface area contributed by atoms with E-state index in [0.717, 1.165) is 12.8 Å². The van der Waals surface area contributed by atoms with Crippen LogP contribution < -0.4 is 24.8 Å². The molecule has 0 heterocycles. The van der Waals surface area contributed by atoms with E-state index in [1.54, 1.807) is 11.1 Å². The van der Waals surface area contributed by atoms with E-state index in [0.29, 0.717) is 23.7 Å². The van der Waals surface area contributed by atoms with Crippen LogP contribution in [0, 0.1) is 13.8 Å². The maximum Gasteiger partial charge on any atom is 4.00 e. The van der Waals surface area contributed by atoms with Gasteiger partial charge in [-0.25, -0.2) is 0 Å².